The van der Waals surface area contributed by atoms with Gasteiger partial charge in [0, 0.05) is 16.5 Å². The standard InChI is InChI=1S/C13H15N5S2/c1-7-6-8-9(16-12(14)17-10(8)20-7)18-13(2,3)11-15-4-5-19-11/h4-6H,1-3H3,(H3,14,16,17,18). The summed E-state index contributed by atoms with van der Waals surface area (Å²) in [6.07, 6.45) is 1.81. The molecule has 0 aliphatic carbocycles. The molecule has 5 nitrogen and oxygen atoms in total. The number of hydrogen-bond acceptors (Lipinski definition) is 7. The molecule has 20 heavy (non-hydrogen) atoms. The van der Waals surface area contributed by atoms with Crippen molar-refractivity contribution in [3.63, 3.8) is 0 Å². The number of aryl methyl sites for hydroxylation is 1. The SMILES string of the molecule is Cc1cc2c(NC(C)(C)c3nccs3)nc(N)nc2s1. The number of nitrogen functional groups attached to an aromatic ring is 1. The Balaban J connectivity index is 2.06. The van der Waals surface area contributed by atoms with E-state index in [-0.39, 0.29) is 11.5 Å². The highest BCUT2D eigenvalue weighted by Crippen LogP contribution is 2.33. The topological polar surface area (TPSA) is 76.7 Å². The second kappa shape index (κ2) is 4.68. The van der Waals surface area contributed by atoms with E-state index in [0.717, 1.165) is 21.0 Å². The first-order valence-electron chi connectivity index (χ1n) is 6.17. The Labute approximate surface area is 124 Å². The molecule has 0 aromatic carbocycles. The molecule has 0 fully saturated rings. The van der Waals surface area contributed by atoms with E-state index >= 15 is 0 Å². The number of thiazole rings is 1. The summed E-state index contributed by atoms with van der Waals surface area (Å²) >= 11 is 3.24. The van der Waals surface area contributed by atoms with Gasteiger partial charge in [0.2, 0.25) is 5.95 Å². The lowest BCUT2D eigenvalue weighted by Gasteiger charge is -2.24. The third kappa shape index (κ3) is 2.34. The quantitative estimate of drug-likeness (QED) is 0.775. The van der Waals surface area contributed by atoms with Crippen LogP contribution >= 0.6 is 22.7 Å². The molecule has 3 aromatic rings. The Morgan fingerprint density at radius 1 is 1.30 bits per heavy atom. The van der Waals surface area contributed by atoms with Crippen molar-refractivity contribution >= 4 is 44.7 Å². The predicted molar refractivity (Wildman–Crippen MR) is 85.3 cm³/mol. The van der Waals surface area contributed by atoms with Crippen molar-refractivity contribution in [2.45, 2.75) is 26.3 Å². The third-order valence-corrected chi connectivity index (χ3v) is 4.97. The molecule has 3 rings (SSSR count). The largest absolute Gasteiger partial charge is 0.368 e. The Bertz CT molecular complexity index is 746. The first-order valence-corrected chi connectivity index (χ1v) is 7.87. The fourth-order valence-corrected chi connectivity index (χ4v) is 3.64. The molecule has 0 aliphatic heterocycles. The summed E-state index contributed by atoms with van der Waals surface area (Å²) in [5, 5.41) is 7.43. The van der Waals surface area contributed by atoms with Crippen LogP contribution in [-0.2, 0) is 5.54 Å². The summed E-state index contributed by atoms with van der Waals surface area (Å²) in [5.41, 5.74) is 5.50. The molecule has 3 N–H and O–H groups in total. The fraction of sp³-hybridized carbons (Fsp3) is 0.308. The molecular formula is C13H15N5S2. The number of hydrogen-bond donors (Lipinski definition) is 2. The van der Waals surface area contributed by atoms with Gasteiger partial charge in [-0.05, 0) is 26.8 Å². The van der Waals surface area contributed by atoms with Crippen LogP contribution in [0.25, 0.3) is 10.2 Å². The number of rotatable bonds is 3. The molecule has 3 heterocycles. The molecule has 0 radical (unpaired) electrons. The van der Waals surface area contributed by atoms with E-state index in [4.69, 9.17) is 5.73 Å². The first kappa shape index (κ1) is 13.3. The van der Waals surface area contributed by atoms with Crippen molar-refractivity contribution in [2.24, 2.45) is 0 Å². The second-order valence-corrected chi connectivity index (χ2v) is 7.22. The lowest BCUT2D eigenvalue weighted by Crippen LogP contribution is -2.28. The zero-order chi connectivity index (χ0) is 14.3. The van der Waals surface area contributed by atoms with E-state index in [0.29, 0.717) is 0 Å². The zero-order valence-electron chi connectivity index (χ0n) is 11.5. The first-order chi connectivity index (χ1) is 9.45. The Morgan fingerprint density at radius 2 is 2.10 bits per heavy atom. The zero-order valence-corrected chi connectivity index (χ0v) is 13.1. The van der Waals surface area contributed by atoms with Gasteiger partial charge >= 0.3 is 0 Å². The van der Waals surface area contributed by atoms with Gasteiger partial charge in [-0.25, -0.2) is 9.97 Å². The molecule has 0 bridgehead atoms. The molecular weight excluding hydrogens is 290 g/mol. The van der Waals surface area contributed by atoms with E-state index < -0.39 is 0 Å². The maximum Gasteiger partial charge on any atom is 0.223 e. The summed E-state index contributed by atoms with van der Waals surface area (Å²) in [4.78, 5) is 15.1. The molecule has 3 aromatic heterocycles. The molecule has 104 valence electrons. The van der Waals surface area contributed by atoms with Gasteiger partial charge in [0.1, 0.15) is 15.7 Å². The normalized spacial score (nSPS) is 11.9. The Morgan fingerprint density at radius 3 is 2.80 bits per heavy atom. The average molecular weight is 305 g/mol. The summed E-state index contributed by atoms with van der Waals surface area (Å²) < 4.78 is 0. The lowest BCUT2D eigenvalue weighted by molar-refractivity contribution is 0.602. The molecule has 0 amide bonds. The number of thiophene rings is 1. The van der Waals surface area contributed by atoms with E-state index in [1.807, 2.05) is 11.6 Å². The lowest BCUT2D eigenvalue weighted by atomic mass is 10.1. The van der Waals surface area contributed by atoms with Crippen LogP contribution in [-0.4, -0.2) is 15.0 Å². The number of anilines is 2. The number of aromatic nitrogens is 3. The Kier molecular flexibility index (Phi) is 3.10. The van der Waals surface area contributed by atoms with Crippen molar-refractivity contribution in [1.29, 1.82) is 0 Å². The van der Waals surface area contributed by atoms with Crippen LogP contribution < -0.4 is 11.1 Å². The minimum Gasteiger partial charge on any atom is -0.368 e. The maximum atomic E-state index is 5.80. The number of nitrogens with zero attached hydrogens (tertiary/aromatic N) is 3. The van der Waals surface area contributed by atoms with Gasteiger partial charge in [-0.3, -0.25) is 0 Å². The predicted octanol–water partition coefficient (Wildman–Crippen LogP) is 3.39. The monoisotopic (exact) mass is 305 g/mol. The summed E-state index contributed by atoms with van der Waals surface area (Å²) in [7, 11) is 0. The van der Waals surface area contributed by atoms with E-state index in [1.54, 1.807) is 22.7 Å². The van der Waals surface area contributed by atoms with Gasteiger partial charge in [-0.15, -0.1) is 22.7 Å². The summed E-state index contributed by atoms with van der Waals surface area (Å²) in [5.74, 6) is 1.05. The van der Waals surface area contributed by atoms with E-state index in [2.05, 4.69) is 47.1 Å². The van der Waals surface area contributed by atoms with Crippen LogP contribution in [0.2, 0.25) is 0 Å². The van der Waals surface area contributed by atoms with Gasteiger partial charge in [-0.1, -0.05) is 0 Å². The molecule has 0 aliphatic rings. The van der Waals surface area contributed by atoms with Crippen LogP contribution in [0.15, 0.2) is 17.6 Å². The van der Waals surface area contributed by atoms with Gasteiger partial charge < -0.3 is 11.1 Å². The van der Waals surface area contributed by atoms with Crippen LogP contribution in [0.3, 0.4) is 0 Å². The van der Waals surface area contributed by atoms with Crippen LogP contribution in [0.5, 0.6) is 0 Å². The molecule has 0 saturated heterocycles. The number of nitrogens with two attached hydrogens (primary N) is 1. The second-order valence-electron chi connectivity index (χ2n) is 5.09. The maximum absolute atomic E-state index is 5.80. The minimum absolute atomic E-state index is 0.289. The molecule has 0 spiro atoms. The van der Waals surface area contributed by atoms with Gasteiger partial charge in [0.25, 0.3) is 0 Å². The van der Waals surface area contributed by atoms with Crippen molar-refractivity contribution < 1.29 is 0 Å². The van der Waals surface area contributed by atoms with Crippen LogP contribution in [0.4, 0.5) is 11.8 Å². The molecule has 0 unspecified atom stereocenters. The fourth-order valence-electron chi connectivity index (χ4n) is 2.04. The highest BCUT2D eigenvalue weighted by Gasteiger charge is 2.25. The highest BCUT2D eigenvalue weighted by atomic mass is 32.1. The van der Waals surface area contributed by atoms with Crippen molar-refractivity contribution in [3.05, 3.63) is 27.5 Å². The average Bonchev–Trinajstić information content (AvgIpc) is 2.96. The number of fused-ring (bicyclic) bond motifs is 1. The number of nitrogens with one attached hydrogen (secondary N) is 1. The minimum atomic E-state index is -0.308. The molecule has 0 atom stereocenters. The highest BCUT2D eigenvalue weighted by molar-refractivity contribution is 7.18. The molecule has 7 heteroatoms. The third-order valence-electron chi connectivity index (χ3n) is 2.93. The van der Waals surface area contributed by atoms with E-state index in [9.17, 15) is 0 Å². The Hall–Kier alpha value is -1.73. The van der Waals surface area contributed by atoms with Crippen molar-refractivity contribution in [3.8, 4) is 0 Å². The van der Waals surface area contributed by atoms with Crippen molar-refractivity contribution in [1.82, 2.24) is 15.0 Å². The summed E-state index contributed by atoms with van der Waals surface area (Å²) in [6, 6.07) is 2.08. The summed E-state index contributed by atoms with van der Waals surface area (Å²) in [6.45, 7) is 6.21. The van der Waals surface area contributed by atoms with Crippen LogP contribution in [0, 0.1) is 6.92 Å². The molecule has 0 saturated carbocycles. The van der Waals surface area contributed by atoms with E-state index in [1.165, 1.54) is 4.88 Å². The van der Waals surface area contributed by atoms with Gasteiger partial charge in [0.15, 0.2) is 0 Å². The van der Waals surface area contributed by atoms with Crippen molar-refractivity contribution in [2.75, 3.05) is 11.1 Å². The van der Waals surface area contributed by atoms with Gasteiger partial charge in [0.05, 0.1) is 10.9 Å². The van der Waals surface area contributed by atoms with Crippen LogP contribution in [0.1, 0.15) is 23.7 Å². The smallest absolute Gasteiger partial charge is 0.223 e. The van der Waals surface area contributed by atoms with Gasteiger partial charge in [-0.2, -0.15) is 4.98 Å².